The third-order valence-electron chi connectivity index (χ3n) is 7.25. The minimum Gasteiger partial charge on any atom is -0.497 e. The molecule has 0 radical (unpaired) electrons. The van der Waals surface area contributed by atoms with E-state index in [9.17, 15) is 27.5 Å². The number of hydrogen-bond donors (Lipinski definition) is 3. The number of likely N-dealkylation sites (N-methyl/N-ethyl adjacent to an activating group) is 1. The van der Waals surface area contributed by atoms with Crippen molar-refractivity contribution in [1.82, 2.24) is 9.21 Å². The molecule has 0 aliphatic carbocycles. The molecule has 0 aromatic heterocycles. The number of nitrogens with zero attached hydrogens (tertiary/aromatic N) is 2. The number of benzene rings is 3. The van der Waals surface area contributed by atoms with Crippen LogP contribution in [0.2, 0.25) is 0 Å². The quantitative estimate of drug-likeness (QED) is 0.331. The Hall–Kier alpha value is -4.20. The van der Waals surface area contributed by atoms with Gasteiger partial charge in [-0.1, -0.05) is 13.0 Å². The molecule has 0 spiro atoms. The van der Waals surface area contributed by atoms with Crippen LogP contribution in [-0.4, -0.2) is 80.7 Å². The summed E-state index contributed by atoms with van der Waals surface area (Å²) in [6.45, 7) is 3.27. The third-order valence-corrected chi connectivity index (χ3v) is 9.08. The van der Waals surface area contributed by atoms with Crippen molar-refractivity contribution in [3.8, 4) is 11.5 Å². The number of halogens is 1. The van der Waals surface area contributed by atoms with Crippen molar-refractivity contribution in [3.63, 3.8) is 0 Å². The largest absolute Gasteiger partial charge is 0.497 e. The number of carbonyl (C=O) groups is 2. The first-order valence-corrected chi connectivity index (χ1v) is 15.0. The number of carbonyl (C=O) groups excluding carboxylic acids is 2. The van der Waals surface area contributed by atoms with Crippen LogP contribution in [0.1, 0.15) is 24.2 Å². The maximum Gasteiger partial charge on any atom is 0.323 e. The summed E-state index contributed by atoms with van der Waals surface area (Å²) < 4.78 is 52.7. The normalized spacial score (nSPS) is 17.7. The first-order chi connectivity index (χ1) is 20.4. The highest BCUT2D eigenvalue weighted by atomic mass is 32.2. The second-order valence-electron chi connectivity index (χ2n) is 10.4. The lowest BCUT2D eigenvalue weighted by Gasteiger charge is -2.38. The zero-order valence-corrected chi connectivity index (χ0v) is 25.1. The number of rotatable bonds is 9. The summed E-state index contributed by atoms with van der Waals surface area (Å²) in [6.07, 6.45) is -0.784. The lowest BCUT2D eigenvalue weighted by atomic mass is 9.99. The smallest absolute Gasteiger partial charge is 0.323 e. The minimum atomic E-state index is -4.01. The number of hydrogen-bond acceptors (Lipinski definition) is 7. The van der Waals surface area contributed by atoms with E-state index in [-0.39, 0.29) is 41.6 Å². The Balaban J connectivity index is 1.67. The zero-order chi connectivity index (χ0) is 31.3. The number of fused-ring (bicyclic) bond motifs is 1. The van der Waals surface area contributed by atoms with Gasteiger partial charge < -0.3 is 30.1 Å². The predicted molar refractivity (Wildman–Crippen MR) is 159 cm³/mol. The molecule has 0 bridgehead atoms. The van der Waals surface area contributed by atoms with E-state index in [0.29, 0.717) is 11.4 Å². The molecule has 43 heavy (non-hydrogen) atoms. The number of ether oxygens (including phenoxy) is 2. The molecule has 3 atom stereocenters. The van der Waals surface area contributed by atoms with Gasteiger partial charge in [0.15, 0.2) is 5.75 Å². The Morgan fingerprint density at radius 1 is 1.14 bits per heavy atom. The second-order valence-corrected chi connectivity index (χ2v) is 12.4. The SMILES string of the molecule is COc1ccc(NC(=O)Nc2cccc3c2O[C@@H](CN(C)S(=O)(=O)c2ccc(F)cc2)[C@H](C)CN([C@H](C)CO)C3=O)cc1. The summed E-state index contributed by atoms with van der Waals surface area (Å²) in [5, 5.41) is 15.3. The van der Waals surface area contributed by atoms with Gasteiger partial charge in [-0.25, -0.2) is 17.6 Å². The summed E-state index contributed by atoms with van der Waals surface area (Å²) in [6, 6.07) is 14.8. The van der Waals surface area contributed by atoms with Gasteiger partial charge in [-0.15, -0.1) is 0 Å². The van der Waals surface area contributed by atoms with Gasteiger partial charge in [-0.3, -0.25) is 4.79 Å². The number of anilines is 2. The molecule has 13 heteroatoms. The molecule has 1 aliphatic rings. The molecule has 0 fully saturated rings. The lowest BCUT2D eigenvalue weighted by Crippen LogP contribution is -2.50. The van der Waals surface area contributed by atoms with Crippen LogP contribution in [0.25, 0.3) is 0 Å². The van der Waals surface area contributed by atoms with Crippen LogP contribution in [0.4, 0.5) is 20.6 Å². The van der Waals surface area contributed by atoms with Crippen LogP contribution in [0.5, 0.6) is 11.5 Å². The molecule has 3 aromatic rings. The van der Waals surface area contributed by atoms with Gasteiger partial charge in [0.05, 0.1) is 42.4 Å². The number of urea groups is 1. The van der Waals surface area contributed by atoms with E-state index < -0.39 is 45.8 Å². The number of para-hydroxylation sites is 1. The summed E-state index contributed by atoms with van der Waals surface area (Å²) in [5.74, 6) is -0.687. The predicted octanol–water partition coefficient (Wildman–Crippen LogP) is 4.02. The maximum atomic E-state index is 13.7. The molecule has 3 amide bonds. The first-order valence-electron chi connectivity index (χ1n) is 13.6. The average molecular weight is 615 g/mol. The van der Waals surface area contributed by atoms with Gasteiger partial charge in [0, 0.05) is 25.2 Å². The Bertz CT molecular complexity index is 1550. The number of amides is 3. The van der Waals surface area contributed by atoms with Gasteiger partial charge in [-0.05, 0) is 67.6 Å². The van der Waals surface area contributed by atoms with E-state index in [1.165, 1.54) is 31.2 Å². The van der Waals surface area contributed by atoms with Crippen molar-refractivity contribution < 1.29 is 37.0 Å². The van der Waals surface area contributed by atoms with E-state index >= 15 is 0 Å². The number of sulfonamides is 1. The Kier molecular flexibility index (Phi) is 9.89. The van der Waals surface area contributed by atoms with Crippen LogP contribution >= 0.6 is 0 Å². The Morgan fingerprint density at radius 3 is 2.44 bits per heavy atom. The number of methoxy groups -OCH3 is 1. The van der Waals surface area contributed by atoms with Gasteiger partial charge >= 0.3 is 6.03 Å². The van der Waals surface area contributed by atoms with Crippen LogP contribution in [0, 0.1) is 11.7 Å². The third kappa shape index (κ3) is 7.24. The summed E-state index contributed by atoms with van der Waals surface area (Å²) >= 11 is 0. The van der Waals surface area contributed by atoms with E-state index in [1.54, 1.807) is 49.4 Å². The fourth-order valence-electron chi connectivity index (χ4n) is 4.66. The molecule has 3 N–H and O–H groups in total. The lowest BCUT2D eigenvalue weighted by molar-refractivity contribution is 0.0389. The van der Waals surface area contributed by atoms with Crippen molar-refractivity contribution in [1.29, 1.82) is 0 Å². The summed E-state index contributed by atoms with van der Waals surface area (Å²) in [7, 11) is -1.09. The molecule has 1 heterocycles. The highest BCUT2D eigenvalue weighted by Gasteiger charge is 2.36. The van der Waals surface area contributed by atoms with Crippen LogP contribution in [0.15, 0.2) is 71.6 Å². The van der Waals surface area contributed by atoms with Gasteiger partial charge in [0.1, 0.15) is 17.7 Å². The maximum absolute atomic E-state index is 13.7. The van der Waals surface area contributed by atoms with Crippen LogP contribution < -0.4 is 20.1 Å². The average Bonchev–Trinajstić information content (AvgIpc) is 2.99. The molecule has 0 saturated carbocycles. The second kappa shape index (κ2) is 13.4. The molecule has 230 valence electrons. The van der Waals surface area contributed by atoms with Crippen molar-refractivity contribution in [2.45, 2.75) is 30.9 Å². The Labute approximate surface area is 250 Å². The minimum absolute atomic E-state index is 0.0663. The van der Waals surface area contributed by atoms with Gasteiger partial charge in [0.25, 0.3) is 5.91 Å². The number of aliphatic hydroxyl groups is 1. The molecule has 4 rings (SSSR count). The van der Waals surface area contributed by atoms with Crippen molar-refractivity contribution in [3.05, 3.63) is 78.1 Å². The molecule has 11 nitrogen and oxygen atoms in total. The van der Waals surface area contributed by atoms with Crippen molar-refractivity contribution in [2.75, 3.05) is 44.5 Å². The van der Waals surface area contributed by atoms with Gasteiger partial charge in [-0.2, -0.15) is 4.31 Å². The molecule has 0 unspecified atom stereocenters. The fourth-order valence-corrected chi connectivity index (χ4v) is 5.84. The fraction of sp³-hybridized carbons (Fsp3) is 0.333. The zero-order valence-electron chi connectivity index (χ0n) is 24.3. The highest BCUT2D eigenvalue weighted by Crippen LogP contribution is 2.35. The first kappa shape index (κ1) is 31.7. The van der Waals surface area contributed by atoms with Crippen LogP contribution in [-0.2, 0) is 10.0 Å². The topological polar surface area (TPSA) is 138 Å². The summed E-state index contributed by atoms with van der Waals surface area (Å²) in [4.78, 5) is 28.1. The molecule has 1 aliphatic heterocycles. The molecule has 3 aromatic carbocycles. The van der Waals surface area contributed by atoms with Crippen molar-refractivity contribution >= 4 is 33.3 Å². The van der Waals surface area contributed by atoms with E-state index in [1.807, 2.05) is 6.92 Å². The Morgan fingerprint density at radius 2 is 1.81 bits per heavy atom. The van der Waals surface area contributed by atoms with E-state index in [2.05, 4.69) is 10.6 Å². The molecular weight excluding hydrogens is 579 g/mol. The van der Waals surface area contributed by atoms with E-state index in [4.69, 9.17) is 9.47 Å². The highest BCUT2D eigenvalue weighted by molar-refractivity contribution is 7.89. The molecule has 0 saturated heterocycles. The summed E-state index contributed by atoms with van der Waals surface area (Å²) in [5.41, 5.74) is 0.830. The monoisotopic (exact) mass is 614 g/mol. The van der Waals surface area contributed by atoms with E-state index in [0.717, 1.165) is 16.4 Å². The van der Waals surface area contributed by atoms with Crippen LogP contribution in [0.3, 0.4) is 0 Å². The van der Waals surface area contributed by atoms with Gasteiger partial charge in [0.2, 0.25) is 10.0 Å². The standard InChI is InChI=1S/C30H35FN4O7S/c1-19-16-35(20(2)18-36)29(37)25-6-5-7-26(33-30(38)32-22-10-12-23(41-4)13-11-22)28(25)42-27(19)17-34(3)43(39,40)24-14-8-21(31)9-15-24/h5-15,19-20,27,36H,16-18H2,1-4H3,(H2,32,33,38)/t19-,20-,27+/m1/s1. The number of aliphatic hydroxyl groups excluding tert-OH is 1. The molecular formula is C30H35FN4O7S. The number of nitrogens with one attached hydrogen (secondary N) is 2. The van der Waals surface area contributed by atoms with Crippen molar-refractivity contribution in [2.24, 2.45) is 5.92 Å².